The fourth-order valence-electron chi connectivity index (χ4n) is 2.96. The number of nitrogens with one attached hydrogen (secondary N) is 1. The number of thiazole rings is 1. The molecule has 2 amide bonds. The van der Waals surface area contributed by atoms with Crippen LogP contribution in [0.1, 0.15) is 47.9 Å². The third-order valence-electron chi connectivity index (χ3n) is 3.94. The maximum absolute atomic E-state index is 12.7. The highest BCUT2D eigenvalue weighted by molar-refractivity contribution is 7.14. The summed E-state index contributed by atoms with van der Waals surface area (Å²) in [7, 11) is 0. The molecule has 0 radical (unpaired) electrons. The Morgan fingerprint density at radius 3 is 2.79 bits per heavy atom. The van der Waals surface area contributed by atoms with E-state index in [2.05, 4.69) is 20.4 Å². The molecule has 0 aromatic carbocycles. The number of piperidine rings is 1. The molecule has 0 aliphatic carbocycles. The second kappa shape index (κ2) is 6.68. The number of anilines is 1. The molecule has 1 aliphatic rings. The van der Waals surface area contributed by atoms with Crippen molar-refractivity contribution in [1.82, 2.24) is 24.6 Å². The van der Waals surface area contributed by atoms with Gasteiger partial charge >= 0.3 is 0 Å². The van der Waals surface area contributed by atoms with Crippen LogP contribution in [0.3, 0.4) is 0 Å². The minimum absolute atomic E-state index is 0.109. The molecular weight excluding hydrogens is 328 g/mol. The molecule has 128 valence electrons. The van der Waals surface area contributed by atoms with Gasteiger partial charge < -0.3 is 10.2 Å². The third kappa shape index (κ3) is 3.45. The molecule has 0 bridgehead atoms. The minimum Gasteiger partial charge on any atom is -0.335 e. The van der Waals surface area contributed by atoms with Gasteiger partial charge in [-0.05, 0) is 26.7 Å². The Labute approximate surface area is 143 Å². The van der Waals surface area contributed by atoms with Gasteiger partial charge in [-0.3, -0.25) is 9.59 Å². The molecule has 0 spiro atoms. The fraction of sp³-hybridized carbons (Fsp3) is 0.533. The molecule has 0 unspecified atom stereocenters. The van der Waals surface area contributed by atoms with Crippen LogP contribution in [0.15, 0.2) is 5.38 Å². The monoisotopic (exact) mass is 348 g/mol. The van der Waals surface area contributed by atoms with Crippen LogP contribution in [0.2, 0.25) is 0 Å². The van der Waals surface area contributed by atoms with Crippen molar-refractivity contribution in [3.8, 4) is 0 Å². The summed E-state index contributed by atoms with van der Waals surface area (Å²) in [6.45, 7) is 6.51. The summed E-state index contributed by atoms with van der Waals surface area (Å²) in [5.41, 5.74) is 0.371. The Kier molecular flexibility index (Phi) is 4.61. The minimum atomic E-state index is -0.196. The predicted octanol–water partition coefficient (Wildman–Crippen LogP) is 1.79. The lowest BCUT2D eigenvalue weighted by atomic mass is 10.1. The zero-order valence-electron chi connectivity index (χ0n) is 13.9. The van der Waals surface area contributed by atoms with Gasteiger partial charge in [-0.25, -0.2) is 14.6 Å². The van der Waals surface area contributed by atoms with E-state index in [0.29, 0.717) is 23.9 Å². The van der Waals surface area contributed by atoms with E-state index in [1.807, 2.05) is 18.5 Å². The van der Waals surface area contributed by atoms with E-state index in [9.17, 15) is 9.59 Å². The number of amides is 2. The molecule has 1 atom stereocenters. The van der Waals surface area contributed by atoms with Crippen LogP contribution in [0.4, 0.5) is 5.13 Å². The number of rotatable bonds is 3. The van der Waals surface area contributed by atoms with Crippen LogP contribution in [0.25, 0.3) is 0 Å². The normalized spacial score (nSPS) is 17.8. The zero-order chi connectivity index (χ0) is 17.3. The molecule has 1 aliphatic heterocycles. The lowest BCUT2D eigenvalue weighted by Crippen LogP contribution is -2.41. The average molecular weight is 348 g/mol. The number of carbonyl (C=O) groups is 2. The average Bonchev–Trinajstić information content (AvgIpc) is 3.12. The SMILES string of the molecule is CC(=O)Nc1nc(C(=O)N2CCC[C@@H](n3nc(C)nc3C)C2)cs1. The predicted molar refractivity (Wildman–Crippen MR) is 90.1 cm³/mol. The Morgan fingerprint density at radius 2 is 2.12 bits per heavy atom. The quantitative estimate of drug-likeness (QED) is 0.913. The number of hydrogen-bond donors (Lipinski definition) is 1. The van der Waals surface area contributed by atoms with Crippen LogP contribution in [-0.2, 0) is 4.79 Å². The van der Waals surface area contributed by atoms with Crippen molar-refractivity contribution in [1.29, 1.82) is 0 Å². The molecule has 24 heavy (non-hydrogen) atoms. The molecule has 2 aromatic heterocycles. The van der Waals surface area contributed by atoms with Gasteiger partial charge in [-0.2, -0.15) is 5.10 Å². The van der Waals surface area contributed by atoms with Gasteiger partial charge in [-0.15, -0.1) is 11.3 Å². The van der Waals surface area contributed by atoms with Gasteiger partial charge in [0.15, 0.2) is 5.13 Å². The second-order valence-corrected chi connectivity index (χ2v) is 6.78. The highest BCUT2D eigenvalue weighted by Gasteiger charge is 2.28. The number of hydrogen-bond acceptors (Lipinski definition) is 6. The van der Waals surface area contributed by atoms with Crippen molar-refractivity contribution in [2.75, 3.05) is 18.4 Å². The largest absolute Gasteiger partial charge is 0.335 e. The van der Waals surface area contributed by atoms with E-state index in [0.717, 1.165) is 24.5 Å². The van der Waals surface area contributed by atoms with Crippen LogP contribution in [-0.4, -0.2) is 49.6 Å². The summed E-state index contributed by atoms with van der Waals surface area (Å²) in [6.07, 6.45) is 1.89. The Hall–Kier alpha value is -2.29. The van der Waals surface area contributed by atoms with Crippen LogP contribution in [0, 0.1) is 13.8 Å². The van der Waals surface area contributed by atoms with Crippen molar-refractivity contribution < 1.29 is 9.59 Å². The van der Waals surface area contributed by atoms with Crippen LogP contribution < -0.4 is 5.32 Å². The number of aromatic nitrogens is 4. The number of likely N-dealkylation sites (tertiary alicyclic amines) is 1. The molecule has 1 N–H and O–H groups in total. The molecule has 8 nitrogen and oxygen atoms in total. The fourth-order valence-corrected chi connectivity index (χ4v) is 3.69. The molecule has 2 aromatic rings. The number of nitrogens with zero attached hydrogens (tertiary/aromatic N) is 5. The van der Waals surface area contributed by atoms with Gasteiger partial charge in [0, 0.05) is 25.4 Å². The zero-order valence-corrected chi connectivity index (χ0v) is 14.8. The Bertz CT molecular complexity index is 768. The third-order valence-corrected chi connectivity index (χ3v) is 4.70. The lowest BCUT2D eigenvalue weighted by Gasteiger charge is -2.32. The van der Waals surface area contributed by atoms with Gasteiger partial charge in [0.25, 0.3) is 5.91 Å². The van der Waals surface area contributed by atoms with E-state index >= 15 is 0 Å². The standard InChI is InChI=1S/C15H20N6O2S/c1-9-16-10(2)21(19-9)12-5-4-6-20(7-12)14(23)13-8-24-15(18-13)17-11(3)22/h8,12H,4-7H2,1-3H3,(H,17,18,22)/t12-/m1/s1. The van der Waals surface area contributed by atoms with Gasteiger partial charge in [0.2, 0.25) is 5.91 Å². The van der Waals surface area contributed by atoms with E-state index < -0.39 is 0 Å². The first-order valence-corrected chi connectivity index (χ1v) is 8.74. The van der Waals surface area contributed by atoms with E-state index in [1.54, 1.807) is 10.3 Å². The molecule has 3 heterocycles. The van der Waals surface area contributed by atoms with Crippen LogP contribution >= 0.6 is 11.3 Å². The summed E-state index contributed by atoms with van der Waals surface area (Å²) in [5, 5.41) is 9.18. The van der Waals surface area contributed by atoms with Crippen molar-refractivity contribution in [3.05, 3.63) is 22.7 Å². The second-order valence-electron chi connectivity index (χ2n) is 5.92. The number of carbonyl (C=O) groups excluding carboxylic acids is 2. The van der Waals surface area contributed by atoms with Gasteiger partial charge in [0.1, 0.15) is 17.3 Å². The van der Waals surface area contributed by atoms with Crippen LogP contribution in [0.5, 0.6) is 0 Å². The van der Waals surface area contributed by atoms with E-state index in [-0.39, 0.29) is 17.9 Å². The Morgan fingerprint density at radius 1 is 1.33 bits per heavy atom. The first kappa shape index (κ1) is 16.6. The van der Waals surface area contributed by atoms with E-state index in [1.165, 1.54) is 18.3 Å². The summed E-state index contributed by atoms with van der Waals surface area (Å²) in [6, 6.07) is 0.136. The summed E-state index contributed by atoms with van der Waals surface area (Å²) >= 11 is 1.26. The first-order chi connectivity index (χ1) is 11.4. The topological polar surface area (TPSA) is 93.0 Å². The van der Waals surface area contributed by atoms with Gasteiger partial charge in [-0.1, -0.05) is 0 Å². The summed E-state index contributed by atoms with van der Waals surface area (Å²) < 4.78 is 1.92. The lowest BCUT2D eigenvalue weighted by molar-refractivity contribution is -0.114. The molecule has 9 heteroatoms. The smallest absolute Gasteiger partial charge is 0.273 e. The van der Waals surface area contributed by atoms with E-state index in [4.69, 9.17) is 0 Å². The highest BCUT2D eigenvalue weighted by atomic mass is 32.1. The molecule has 1 fully saturated rings. The highest BCUT2D eigenvalue weighted by Crippen LogP contribution is 2.24. The maximum Gasteiger partial charge on any atom is 0.273 e. The molecule has 1 saturated heterocycles. The number of aryl methyl sites for hydroxylation is 2. The first-order valence-electron chi connectivity index (χ1n) is 7.86. The van der Waals surface area contributed by atoms with Gasteiger partial charge in [0.05, 0.1) is 6.04 Å². The molecule has 3 rings (SSSR count). The van der Waals surface area contributed by atoms with Crippen molar-refractivity contribution in [2.45, 2.75) is 39.7 Å². The molecular formula is C15H20N6O2S. The van der Waals surface area contributed by atoms with Crippen molar-refractivity contribution in [2.24, 2.45) is 0 Å². The van der Waals surface area contributed by atoms with Crippen molar-refractivity contribution >= 4 is 28.3 Å². The summed E-state index contributed by atoms with van der Waals surface area (Å²) in [4.78, 5) is 34.1. The summed E-state index contributed by atoms with van der Waals surface area (Å²) in [5.74, 6) is 1.31. The molecule has 0 saturated carbocycles. The van der Waals surface area contributed by atoms with Crippen molar-refractivity contribution in [3.63, 3.8) is 0 Å². The maximum atomic E-state index is 12.7. The Balaban J connectivity index is 1.72.